The number of nitrogens with one attached hydrogen (secondary N) is 2. The van der Waals surface area contributed by atoms with Gasteiger partial charge in [-0.05, 0) is 20.8 Å². The van der Waals surface area contributed by atoms with Crippen LogP contribution in [-0.2, 0) is 19.6 Å². The molecular weight excluding hydrogens is 296 g/mol. The van der Waals surface area contributed by atoms with E-state index in [-0.39, 0.29) is 36.7 Å². The Kier molecular flexibility index (Phi) is 8.45. The molecule has 0 aliphatic rings. The maximum absolute atomic E-state index is 11.8. The van der Waals surface area contributed by atoms with Crippen molar-refractivity contribution in [2.75, 3.05) is 25.9 Å². The first-order valence-corrected chi connectivity index (χ1v) is 8.46. The molecule has 0 aromatic heterocycles. The maximum Gasteiger partial charge on any atom is 0.235 e. The summed E-state index contributed by atoms with van der Waals surface area (Å²) in [6.45, 7) is 5.31. The zero-order valence-corrected chi connectivity index (χ0v) is 13.9. The van der Waals surface area contributed by atoms with Gasteiger partial charge in [-0.2, -0.15) is 0 Å². The number of rotatable bonds is 9. The van der Waals surface area contributed by atoms with Crippen LogP contribution in [0.2, 0.25) is 0 Å². The predicted molar refractivity (Wildman–Crippen MR) is 81.0 cm³/mol. The van der Waals surface area contributed by atoms with Gasteiger partial charge >= 0.3 is 0 Å². The molecule has 1 unspecified atom stereocenters. The number of likely N-dealkylation sites (N-methyl/N-ethyl adjacent to an activating group) is 1. The van der Waals surface area contributed by atoms with Crippen molar-refractivity contribution in [1.29, 1.82) is 0 Å². The summed E-state index contributed by atoms with van der Waals surface area (Å²) in [5.74, 6) is -1.07. The lowest BCUT2D eigenvalue weighted by atomic mass is 10.3. The molecule has 0 saturated heterocycles. The smallest absolute Gasteiger partial charge is 0.235 e. The van der Waals surface area contributed by atoms with Crippen LogP contribution < -0.4 is 15.8 Å². The van der Waals surface area contributed by atoms with Gasteiger partial charge in [0.2, 0.25) is 21.8 Å². The van der Waals surface area contributed by atoms with Gasteiger partial charge in [-0.1, -0.05) is 0 Å². The first kappa shape index (κ1) is 19.8. The quantitative estimate of drug-likeness (QED) is 0.483. The summed E-state index contributed by atoms with van der Waals surface area (Å²) in [6, 6.07) is -0.208. The Labute approximate surface area is 126 Å². The van der Waals surface area contributed by atoms with Crippen LogP contribution in [0.3, 0.4) is 0 Å². The molecule has 4 N–H and O–H groups in total. The molecule has 0 aliphatic carbocycles. The summed E-state index contributed by atoms with van der Waals surface area (Å²) in [5, 5.41) is 2.57. The van der Waals surface area contributed by atoms with Crippen molar-refractivity contribution in [3.05, 3.63) is 0 Å². The Morgan fingerprint density at radius 1 is 1.24 bits per heavy atom. The summed E-state index contributed by atoms with van der Waals surface area (Å²) in [4.78, 5) is 24.5. The van der Waals surface area contributed by atoms with Crippen LogP contribution in [-0.4, -0.2) is 63.1 Å². The number of hydrogen-bond donors (Lipinski definition) is 3. The fraction of sp³-hybridized carbons (Fsp3) is 0.833. The zero-order valence-electron chi connectivity index (χ0n) is 13.0. The number of nitrogens with zero attached hydrogens (tertiary/aromatic N) is 1. The molecule has 0 fully saturated rings. The van der Waals surface area contributed by atoms with Crippen LogP contribution in [0.15, 0.2) is 0 Å². The van der Waals surface area contributed by atoms with Crippen molar-refractivity contribution < 1.29 is 18.0 Å². The first-order valence-electron chi connectivity index (χ1n) is 6.81. The van der Waals surface area contributed by atoms with E-state index in [4.69, 9.17) is 5.73 Å². The van der Waals surface area contributed by atoms with Gasteiger partial charge in [-0.25, -0.2) is 13.1 Å². The lowest BCUT2D eigenvalue weighted by molar-refractivity contribution is -0.131. The average Bonchev–Trinajstić information content (AvgIpc) is 2.40. The molecule has 0 aromatic carbocycles. The van der Waals surface area contributed by atoms with Crippen molar-refractivity contribution in [2.24, 2.45) is 5.73 Å². The largest absolute Gasteiger partial charge is 0.353 e. The zero-order chi connectivity index (χ0) is 16.6. The van der Waals surface area contributed by atoms with Gasteiger partial charge in [0.25, 0.3) is 0 Å². The minimum atomic E-state index is -3.66. The van der Waals surface area contributed by atoms with E-state index < -0.39 is 15.9 Å². The Morgan fingerprint density at radius 2 is 1.81 bits per heavy atom. The van der Waals surface area contributed by atoms with E-state index in [2.05, 4.69) is 10.0 Å². The summed E-state index contributed by atoms with van der Waals surface area (Å²) >= 11 is 0. The lowest BCUT2D eigenvalue weighted by Gasteiger charge is -2.23. The van der Waals surface area contributed by atoms with Crippen LogP contribution in [0.1, 0.15) is 27.2 Å². The van der Waals surface area contributed by atoms with E-state index in [1.54, 1.807) is 27.8 Å². The second-order valence-corrected chi connectivity index (χ2v) is 7.13. The van der Waals surface area contributed by atoms with Crippen LogP contribution in [0.4, 0.5) is 0 Å². The highest BCUT2D eigenvalue weighted by Gasteiger charge is 2.19. The molecule has 21 heavy (non-hydrogen) atoms. The van der Waals surface area contributed by atoms with E-state index in [0.29, 0.717) is 6.54 Å². The van der Waals surface area contributed by atoms with Crippen molar-refractivity contribution in [3.63, 3.8) is 0 Å². The summed E-state index contributed by atoms with van der Waals surface area (Å²) in [6.07, 6.45) is -0.151. The third-order valence-electron chi connectivity index (χ3n) is 2.88. The van der Waals surface area contributed by atoms with Crippen molar-refractivity contribution in [1.82, 2.24) is 14.9 Å². The highest BCUT2D eigenvalue weighted by atomic mass is 32.2. The van der Waals surface area contributed by atoms with Crippen molar-refractivity contribution in [3.8, 4) is 0 Å². The number of nitrogens with two attached hydrogens (primary N) is 1. The molecule has 0 radical (unpaired) electrons. The minimum absolute atomic E-state index is 0.0602. The van der Waals surface area contributed by atoms with Crippen molar-refractivity contribution >= 4 is 21.8 Å². The van der Waals surface area contributed by atoms with Gasteiger partial charge in [0.15, 0.2) is 0 Å². The second-order valence-electron chi connectivity index (χ2n) is 5.20. The summed E-state index contributed by atoms with van der Waals surface area (Å²) < 4.78 is 25.6. The van der Waals surface area contributed by atoms with Gasteiger partial charge in [0, 0.05) is 32.1 Å². The Bertz CT molecular complexity index is 450. The van der Waals surface area contributed by atoms with E-state index in [1.165, 1.54) is 4.90 Å². The van der Waals surface area contributed by atoms with Gasteiger partial charge in [-0.15, -0.1) is 0 Å². The molecule has 0 rings (SSSR count). The summed E-state index contributed by atoms with van der Waals surface area (Å²) in [7, 11) is -2.08. The van der Waals surface area contributed by atoms with Gasteiger partial charge in [0.05, 0.1) is 12.3 Å². The van der Waals surface area contributed by atoms with Crippen LogP contribution in [0.25, 0.3) is 0 Å². The normalized spacial score (nSPS) is 13.0. The monoisotopic (exact) mass is 322 g/mol. The van der Waals surface area contributed by atoms with Crippen LogP contribution in [0.5, 0.6) is 0 Å². The van der Waals surface area contributed by atoms with E-state index in [9.17, 15) is 18.0 Å². The molecule has 8 nitrogen and oxygen atoms in total. The Morgan fingerprint density at radius 3 is 2.29 bits per heavy atom. The Balaban J connectivity index is 4.25. The molecule has 0 bridgehead atoms. The first-order chi connectivity index (χ1) is 9.59. The number of hydrogen-bond acceptors (Lipinski definition) is 5. The van der Waals surface area contributed by atoms with Crippen LogP contribution >= 0.6 is 0 Å². The molecule has 0 aliphatic heterocycles. The molecular formula is C12H26N4O4S. The number of carbonyl (C=O) groups is 2. The fourth-order valence-corrected chi connectivity index (χ4v) is 2.36. The van der Waals surface area contributed by atoms with Gasteiger partial charge in [-0.3, -0.25) is 9.59 Å². The number of amides is 2. The fourth-order valence-electron chi connectivity index (χ4n) is 1.42. The predicted octanol–water partition coefficient (Wildman–Crippen LogP) is -1.37. The minimum Gasteiger partial charge on any atom is -0.353 e. The van der Waals surface area contributed by atoms with Crippen molar-refractivity contribution in [2.45, 2.75) is 39.3 Å². The second kappa shape index (κ2) is 8.96. The molecule has 0 saturated carbocycles. The Hall–Kier alpha value is -1.19. The van der Waals surface area contributed by atoms with Crippen LogP contribution in [0, 0.1) is 0 Å². The van der Waals surface area contributed by atoms with Gasteiger partial charge < -0.3 is 16.0 Å². The molecule has 2 amide bonds. The van der Waals surface area contributed by atoms with E-state index in [1.807, 2.05) is 0 Å². The van der Waals surface area contributed by atoms with Gasteiger partial charge in [0.1, 0.15) is 0 Å². The molecule has 1 atom stereocenters. The highest BCUT2D eigenvalue weighted by Crippen LogP contribution is 1.99. The molecule has 124 valence electrons. The third kappa shape index (κ3) is 8.64. The number of carbonyl (C=O) groups excluding carboxylic acids is 2. The topological polar surface area (TPSA) is 122 Å². The average molecular weight is 322 g/mol. The molecule has 0 aromatic rings. The summed E-state index contributed by atoms with van der Waals surface area (Å²) in [5.41, 5.74) is 5.44. The standard InChI is InChI=1S/C12H26N4O4S/c1-9(2)15-11(17)8-14-21(19,20)6-5-12(18)16(4)10(3)7-13/h9-10,14H,5-8,13H2,1-4H3,(H,15,17). The van der Waals surface area contributed by atoms with E-state index in [0.717, 1.165) is 0 Å². The molecule has 0 heterocycles. The highest BCUT2D eigenvalue weighted by molar-refractivity contribution is 7.89. The van der Waals surface area contributed by atoms with E-state index >= 15 is 0 Å². The molecule has 9 heteroatoms. The lowest BCUT2D eigenvalue weighted by Crippen LogP contribution is -2.42. The third-order valence-corrected chi connectivity index (χ3v) is 4.21. The maximum atomic E-state index is 11.8. The molecule has 0 spiro atoms. The SMILES string of the molecule is CC(C)NC(=O)CNS(=O)(=O)CCC(=O)N(C)C(C)CN. The number of sulfonamides is 1.